The van der Waals surface area contributed by atoms with Crippen LogP contribution >= 0.6 is 0 Å². The molecule has 1 aromatic carbocycles. The van der Waals surface area contributed by atoms with Gasteiger partial charge in [-0.1, -0.05) is 0 Å². The number of anilines is 1. The fourth-order valence-corrected chi connectivity index (χ4v) is 7.85. The number of aliphatic hydroxyl groups excluding tert-OH is 1. The molecule has 202 valence electrons. The molecule has 39 heavy (non-hydrogen) atoms. The summed E-state index contributed by atoms with van der Waals surface area (Å²) >= 11 is 0. The molecule has 8 rings (SSSR count). The van der Waals surface area contributed by atoms with Crippen LogP contribution in [0, 0.1) is 29.4 Å². The zero-order chi connectivity index (χ0) is 27.1. The maximum absolute atomic E-state index is 15.0. The van der Waals surface area contributed by atoms with E-state index in [4.69, 9.17) is 0 Å². The zero-order valence-electron chi connectivity index (χ0n) is 21.2. The number of rotatable bonds is 4. The van der Waals surface area contributed by atoms with Gasteiger partial charge in [-0.15, -0.1) is 0 Å². The lowest BCUT2D eigenvalue weighted by molar-refractivity contribution is -0.117. The summed E-state index contributed by atoms with van der Waals surface area (Å²) in [5, 5.41) is 13.2. The van der Waals surface area contributed by atoms with E-state index in [0.717, 1.165) is 31.4 Å². The number of nitrogens with one attached hydrogen (secondary N) is 1. The van der Waals surface area contributed by atoms with Gasteiger partial charge in [0.15, 0.2) is 5.65 Å². The Kier molecular flexibility index (Phi) is 5.42. The molecule has 2 N–H and O–H groups in total. The molecule has 10 heteroatoms. The van der Waals surface area contributed by atoms with Crippen LogP contribution in [0.25, 0.3) is 16.7 Å². The fourth-order valence-electron chi connectivity index (χ4n) is 7.85. The van der Waals surface area contributed by atoms with Crippen LogP contribution in [0.5, 0.6) is 0 Å². The number of aromatic nitrogens is 2. The minimum Gasteiger partial charge on any atom is -0.391 e. The van der Waals surface area contributed by atoms with E-state index >= 15 is 4.39 Å². The van der Waals surface area contributed by atoms with Gasteiger partial charge >= 0.3 is 0 Å². The molecule has 3 aromatic rings. The number of β-amino-alcohol motifs (C(OH)–C–C–N with tert-alkyl or cyclic N) is 1. The number of carbonyl (C=O) groups excluding carboxylic acids is 2. The van der Waals surface area contributed by atoms with Crippen molar-refractivity contribution < 1.29 is 23.5 Å². The predicted molar refractivity (Wildman–Crippen MR) is 139 cm³/mol. The molecule has 5 aliphatic rings. The Balaban J connectivity index is 1.34. The van der Waals surface area contributed by atoms with Crippen LogP contribution in [-0.4, -0.2) is 44.7 Å². The van der Waals surface area contributed by atoms with Crippen molar-refractivity contribution in [3.8, 4) is 5.69 Å². The molecule has 0 spiro atoms. The third-order valence-corrected chi connectivity index (χ3v) is 9.05. The Bertz CT molecular complexity index is 1570. The molecule has 5 fully saturated rings. The van der Waals surface area contributed by atoms with Gasteiger partial charge in [0.05, 0.1) is 30.1 Å². The number of pyridine rings is 2. The molecular weight excluding hydrogens is 506 g/mol. The van der Waals surface area contributed by atoms with Gasteiger partial charge in [-0.3, -0.25) is 23.9 Å². The molecule has 4 aliphatic carbocycles. The SMILES string of the molecule is O=C(NC12CC3CC(CC(C3)C1)C2)c1cn(-c2ccc(F)cc2F)c2nc(N3C[C@@H](O)CC3=O)ccc2c1=O. The van der Waals surface area contributed by atoms with E-state index < -0.39 is 29.1 Å². The number of halogens is 2. The Morgan fingerprint density at radius 3 is 2.33 bits per heavy atom. The van der Waals surface area contributed by atoms with E-state index in [1.807, 2.05) is 0 Å². The molecule has 0 radical (unpaired) electrons. The van der Waals surface area contributed by atoms with Crippen LogP contribution < -0.4 is 15.6 Å². The van der Waals surface area contributed by atoms with E-state index in [9.17, 15) is 23.9 Å². The minimum atomic E-state index is -0.896. The summed E-state index contributed by atoms with van der Waals surface area (Å²) in [7, 11) is 0. The third-order valence-electron chi connectivity index (χ3n) is 9.05. The van der Waals surface area contributed by atoms with E-state index in [2.05, 4.69) is 10.3 Å². The van der Waals surface area contributed by atoms with Crippen molar-refractivity contribution in [2.45, 2.75) is 56.6 Å². The predicted octanol–water partition coefficient (Wildman–Crippen LogP) is 3.46. The van der Waals surface area contributed by atoms with Gasteiger partial charge < -0.3 is 10.4 Å². The van der Waals surface area contributed by atoms with Crippen LogP contribution in [0.1, 0.15) is 55.3 Å². The first-order valence-corrected chi connectivity index (χ1v) is 13.5. The first-order valence-electron chi connectivity index (χ1n) is 13.5. The van der Waals surface area contributed by atoms with Gasteiger partial charge in [-0.2, -0.15) is 0 Å². The van der Waals surface area contributed by atoms with Gasteiger partial charge in [-0.05, 0) is 80.5 Å². The average Bonchev–Trinajstić information content (AvgIpc) is 3.21. The highest BCUT2D eigenvalue weighted by Gasteiger charge is 2.51. The molecular formula is C29H28F2N4O4. The van der Waals surface area contributed by atoms with Crippen LogP contribution in [0.2, 0.25) is 0 Å². The van der Waals surface area contributed by atoms with Crippen LogP contribution in [0.3, 0.4) is 0 Å². The minimum absolute atomic E-state index is 0.0172. The molecule has 2 amide bonds. The molecule has 3 heterocycles. The summed E-state index contributed by atoms with van der Waals surface area (Å²) in [5.74, 6) is -0.554. The van der Waals surface area contributed by atoms with Gasteiger partial charge in [0.2, 0.25) is 11.3 Å². The molecule has 4 bridgehead atoms. The van der Waals surface area contributed by atoms with Gasteiger partial charge in [0.25, 0.3) is 5.91 Å². The normalized spacial score (nSPS) is 29.4. The zero-order valence-corrected chi connectivity index (χ0v) is 21.2. The van der Waals surface area contributed by atoms with E-state index in [-0.39, 0.29) is 52.5 Å². The highest BCUT2D eigenvalue weighted by Crippen LogP contribution is 2.55. The number of carbonyl (C=O) groups is 2. The van der Waals surface area contributed by atoms with Crippen molar-refractivity contribution in [1.82, 2.24) is 14.9 Å². The Hall–Kier alpha value is -3.66. The van der Waals surface area contributed by atoms with E-state index in [1.165, 1.54) is 53.1 Å². The Labute approximate surface area is 222 Å². The Morgan fingerprint density at radius 1 is 1.03 bits per heavy atom. The molecule has 1 aliphatic heterocycles. The fraction of sp³-hybridized carbons (Fsp3) is 0.448. The monoisotopic (exact) mass is 534 g/mol. The first-order chi connectivity index (χ1) is 18.7. The lowest BCUT2D eigenvalue weighted by Crippen LogP contribution is -2.60. The van der Waals surface area contributed by atoms with Crippen LogP contribution in [0.4, 0.5) is 14.6 Å². The molecule has 1 saturated heterocycles. The second kappa shape index (κ2) is 8.67. The number of fused-ring (bicyclic) bond motifs is 1. The third kappa shape index (κ3) is 4.04. The largest absolute Gasteiger partial charge is 0.391 e. The molecule has 8 nitrogen and oxygen atoms in total. The molecule has 1 atom stereocenters. The maximum atomic E-state index is 15.0. The number of aliphatic hydroxyl groups is 1. The van der Waals surface area contributed by atoms with Gasteiger partial charge in [0.1, 0.15) is 23.0 Å². The van der Waals surface area contributed by atoms with Crippen molar-refractivity contribution in [3.05, 3.63) is 63.9 Å². The van der Waals surface area contributed by atoms with Crippen LogP contribution in [0.15, 0.2) is 41.3 Å². The van der Waals surface area contributed by atoms with Crippen molar-refractivity contribution in [2.75, 3.05) is 11.4 Å². The van der Waals surface area contributed by atoms with E-state index in [1.54, 1.807) is 0 Å². The smallest absolute Gasteiger partial charge is 0.257 e. The van der Waals surface area contributed by atoms with E-state index in [0.29, 0.717) is 17.8 Å². The number of benzene rings is 1. The second-order valence-electron chi connectivity index (χ2n) is 11.9. The van der Waals surface area contributed by atoms with Crippen LogP contribution in [-0.2, 0) is 4.79 Å². The quantitative estimate of drug-likeness (QED) is 0.534. The summed E-state index contributed by atoms with van der Waals surface area (Å²) in [6, 6.07) is 5.96. The average molecular weight is 535 g/mol. The van der Waals surface area contributed by atoms with Gasteiger partial charge in [0, 0.05) is 17.8 Å². The molecule has 2 aromatic heterocycles. The molecule has 4 saturated carbocycles. The summed E-state index contributed by atoms with van der Waals surface area (Å²) < 4.78 is 30.1. The number of hydrogen-bond acceptors (Lipinski definition) is 5. The summed E-state index contributed by atoms with van der Waals surface area (Å²) in [5.41, 5.74) is -1.12. The summed E-state index contributed by atoms with van der Waals surface area (Å²) in [4.78, 5) is 45.5. The highest BCUT2D eigenvalue weighted by molar-refractivity contribution is 5.99. The Morgan fingerprint density at radius 2 is 1.72 bits per heavy atom. The standard InChI is InChI=1S/C29H28F2N4O4/c30-18-1-3-23(22(31)8-18)34-14-21(28(39)33-29-10-15-5-16(11-29)7-17(6-15)12-29)26(38)20-2-4-24(32-27(20)34)35-13-19(36)9-25(35)37/h1-4,8,14-17,19,36H,5-7,9-13H2,(H,33,39)/t15?,16?,17?,19-,29?/m0/s1. The number of hydrogen-bond donors (Lipinski definition) is 2. The second-order valence-corrected chi connectivity index (χ2v) is 11.9. The van der Waals surface area contributed by atoms with Gasteiger partial charge in [-0.25, -0.2) is 13.8 Å². The maximum Gasteiger partial charge on any atom is 0.257 e. The van der Waals surface area contributed by atoms with Crippen molar-refractivity contribution in [2.24, 2.45) is 17.8 Å². The summed E-state index contributed by atoms with van der Waals surface area (Å²) in [6.07, 6.45) is 6.67. The van der Waals surface area contributed by atoms with Crippen molar-refractivity contribution in [1.29, 1.82) is 0 Å². The molecule has 0 unspecified atom stereocenters. The number of amides is 2. The lowest BCUT2D eigenvalue weighted by atomic mass is 9.53. The lowest BCUT2D eigenvalue weighted by Gasteiger charge is -2.56. The highest BCUT2D eigenvalue weighted by atomic mass is 19.1. The van der Waals surface area contributed by atoms with Crippen molar-refractivity contribution in [3.63, 3.8) is 0 Å². The number of nitrogens with zero attached hydrogens (tertiary/aromatic N) is 3. The first kappa shape index (κ1) is 24.4. The topological polar surface area (TPSA) is 105 Å². The van der Waals surface area contributed by atoms with Crippen molar-refractivity contribution >= 4 is 28.7 Å². The summed E-state index contributed by atoms with van der Waals surface area (Å²) in [6.45, 7) is 0.0397.